The summed E-state index contributed by atoms with van der Waals surface area (Å²) >= 11 is 5.97. The van der Waals surface area contributed by atoms with Crippen molar-refractivity contribution >= 4 is 23.3 Å². The lowest BCUT2D eigenvalue weighted by Gasteiger charge is -2.19. The summed E-state index contributed by atoms with van der Waals surface area (Å²) in [6.07, 6.45) is 1.23. The number of pyridine rings is 1. The van der Waals surface area contributed by atoms with Crippen molar-refractivity contribution in [3.8, 4) is 5.75 Å². The van der Waals surface area contributed by atoms with Crippen molar-refractivity contribution in [1.82, 2.24) is 9.88 Å². The van der Waals surface area contributed by atoms with Gasteiger partial charge in [0.05, 0.1) is 12.1 Å². The van der Waals surface area contributed by atoms with Crippen LogP contribution in [0.5, 0.6) is 5.75 Å². The van der Waals surface area contributed by atoms with E-state index >= 15 is 0 Å². The van der Waals surface area contributed by atoms with Crippen LogP contribution in [-0.4, -0.2) is 23.4 Å². The summed E-state index contributed by atoms with van der Waals surface area (Å²) in [5, 5.41) is 2.86. The number of benzene rings is 2. The molecule has 0 bridgehead atoms. The van der Waals surface area contributed by atoms with Gasteiger partial charge in [-0.2, -0.15) is 0 Å². The normalized spacial score (nSPS) is 11.6. The first-order valence-corrected chi connectivity index (χ1v) is 9.35. The minimum absolute atomic E-state index is 0.0906. The highest BCUT2D eigenvalue weighted by atomic mass is 35.5. The zero-order valence-electron chi connectivity index (χ0n) is 16.0. The maximum atomic E-state index is 13.2. The predicted octanol–water partition coefficient (Wildman–Crippen LogP) is 3.39. The number of methoxy groups -OCH3 is 1. The van der Waals surface area contributed by atoms with Crippen LogP contribution in [-0.2, 0) is 11.3 Å². The van der Waals surface area contributed by atoms with Crippen LogP contribution in [0.3, 0.4) is 0 Å². The van der Waals surface area contributed by atoms with E-state index in [9.17, 15) is 18.8 Å². The van der Waals surface area contributed by atoms with Crippen molar-refractivity contribution < 1.29 is 18.7 Å². The standard InChI is InChI=1S/C22H18ClFN2O4/c1-30-18-9-2-14(3-10-18)12-25-22(29)20(26-13-16(23)6-11-19(26)27)21(28)15-4-7-17(24)8-5-15/h2-11,13,20H,12H2,1H3,(H,25,29)/t20-/m0/s1. The number of Topliss-reactive ketones (excluding diaryl/α,β-unsaturated/α-hetero) is 1. The Labute approximate surface area is 176 Å². The van der Waals surface area contributed by atoms with E-state index < -0.39 is 29.1 Å². The van der Waals surface area contributed by atoms with Crippen LogP contribution in [0.2, 0.25) is 5.02 Å². The van der Waals surface area contributed by atoms with Gasteiger partial charge in [-0.15, -0.1) is 0 Å². The molecule has 0 spiro atoms. The van der Waals surface area contributed by atoms with E-state index in [-0.39, 0.29) is 17.1 Å². The molecule has 1 heterocycles. The van der Waals surface area contributed by atoms with E-state index in [1.54, 1.807) is 31.4 Å². The summed E-state index contributed by atoms with van der Waals surface area (Å²) < 4.78 is 19.3. The van der Waals surface area contributed by atoms with Crippen molar-refractivity contribution in [1.29, 1.82) is 0 Å². The fourth-order valence-electron chi connectivity index (χ4n) is 2.85. The summed E-state index contributed by atoms with van der Waals surface area (Å²) in [6.45, 7) is 0.130. The Morgan fingerprint density at radius 1 is 1.07 bits per heavy atom. The average Bonchev–Trinajstić information content (AvgIpc) is 2.75. The number of aromatic nitrogens is 1. The van der Waals surface area contributed by atoms with Gasteiger partial charge in [-0.25, -0.2) is 4.39 Å². The zero-order chi connectivity index (χ0) is 21.7. The minimum atomic E-state index is -1.50. The Kier molecular flexibility index (Phi) is 6.64. The maximum absolute atomic E-state index is 13.2. The van der Waals surface area contributed by atoms with Gasteiger partial charge in [0.2, 0.25) is 0 Å². The fraction of sp³-hybridized carbons (Fsp3) is 0.136. The first-order chi connectivity index (χ1) is 14.4. The van der Waals surface area contributed by atoms with Crippen LogP contribution < -0.4 is 15.6 Å². The Balaban J connectivity index is 1.90. The van der Waals surface area contributed by atoms with Gasteiger partial charge < -0.3 is 10.1 Å². The molecule has 0 aliphatic rings. The molecule has 3 rings (SSSR count). The Morgan fingerprint density at radius 2 is 1.73 bits per heavy atom. The monoisotopic (exact) mass is 428 g/mol. The van der Waals surface area contributed by atoms with Crippen LogP contribution in [0, 0.1) is 5.82 Å². The largest absolute Gasteiger partial charge is 0.497 e. The Hall–Kier alpha value is -3.45. The highest BCUT2D eigenvalue weighted by Crippen LogP contribution is 2.17. The molecule has 1 atom stereocenters. The van der Waals surface area contributed by atoms with Crippen LogP contribution in [0.25, 0.3) is 0 Å². The molecule has 0 aliphatic carbocycles. The van der Waals surface area contributed by atoms with E-state index in [1.165, 1.54) is 30.5 Å². The zero-order valence-corrected chi connectivity index (χ0v) is 16.7. The first-order valence-electron chi connectivity index (χ1n) is 8.97. The summed E-state index contributed by atoms with van der Waals surface area (Å²) in [4.78, 5) is 38.4. The Morgan fingerprint density at radius 3 is 2.37 bits per heavy atom. The van der Waals surface area contributed by atoms with Crippen LogP contribution in [0.15, 0.2) is 71.7 Å². The second kappa shape index (κ2) is 9.37. The number of ether oxygens (including phenoxy) is 1. The van der Waals surface area contributed by atoms with Gasteiger partial charge in [0.25, 0.3) is 11.5 Å². The SMILES string of the molecule is COc1ccc(CNC(=O)[C@H](C(=O)c2ccc(F)cc2)n2cc(Cl)ccc2=O)cc1. The first kappa shape index (κ1) is 21.3. The predicted molar refractivity (Wildman–Crippen MR) is 110 cm³/mol. The van der Waals surface area contributed by atoms with Gasteiger partial charge in [0.15, 0.2) is 11.8 Å². The van der Waals surface area contributed by atoms with Crippen molar-refractivity contribution in [2.75, 3.05) is 7.11 Å². The molecule has 8 heteroatoms. The molecule has 0 fully saturated rings. The smallest absolute Gasteiger partial charge is 0.251 e. The number of carbonyl (C=O) groups excluding carboxylic acids is 2. The van der Waals surface area contributed by atoms with E-state index in [0.717, 1.165) is 22.3 Å². The topological polar surface area (TPSA) is 77.4 Å². The molecule has 6 nitrogen and oxygen atoms in total. The number of rotatable bonds is 7. The molecular weight excluding hydrogens is 411 g/mol. The molecule has 2 aromatic carbocycles. The second-order valence-corrected chi connectivity index (χ2v) is 6.87. The second-order valence-electron chi connectivity index (χ2n) is 6.43. The summed E-state index contributed by atoms with van der Waals surface area (Å²) in [5.41, 5.74) is 0.294. The third-order valence-corrected chi connectivity index (χ3v) is 4.66. The van der Waals surface area contributed by atoms with Gasteiger partial charge in [0, 0.05) is 24.4 Å². The van der Waals surface area contributed by atoms with Crippen LogP contribution in [0.1, 0.15) is 22.0 Å². The lowest BCUT2D eigenvalue weighted by atomic mass is 10.0. The molecule has 0 unspecified atom stereocenters. The number of nitrogens with one attached hydrogen (secondary N) is 1. The lowest BCUT2D eigenvalue weighted by Crippen LogP contribution is -2.41. The molecule has 1 N–H and O–H groups in total. The van der Waals surface area contributed by atoms with Crippen LogP contribution in [0.4, 0.5) is 4.39 Å². The molecule has 0 aliphatic heterocycles. The van der Waals surface area contributed by atoms with E-state index in [0.29, 0.717) is 5.75 Å². The number of hydrogen-bond donors (Lipinski definition) is 1. The quantitative estimate of drug-likeness (QED) is 0.462. The van der Waals surface area contributed by atoms with Gasteiger partial charge in [-0.3, -0.25) is 19.0 Å². The van der Waals surface area contributed by atoms with Crippen molar-refractivity contribution in [3.63, 3.8) is 0 Å². The van der Waals surface area contributed by atoms with E-state index in [2.05, 4.69) is 5.32 Å². The van der Waals surface area contributed by atoms with Crippen LogP contribution >= 0.6 is 11.6 Å². The molecular formula is C22H18ClFN2O4. The summed E-state index contributed by atoms with van der Waals surface area (Å²) in [7, 11) is 1.55. The molecule has 0 saturated heterocycles. The number of ketones is 1. The van der Waals surface area contributed by atoms with Gasteiger partial charge in [-0.05, 0) is 48.0 Å². The van der Waals surface area contributed by atoms with Crippen molar-refractivity contribution in [3.05, 3.63) is 99.2 Å². The summed E-state index contributed by atoms with van der Waals surface area (Å²) in [6, 6.07) is 12.8. The van der Waals surface area contributed by atoms with Gasteiger partial charge >= 0.3 is 0 Å². The highest BCUT2D eigenvalue weighted by molar-refractivity contribution is 6.30. The molecule has 1 amide bonds. The van der Waals surface area contributed by atoms with Crippen molar-refractivity contribution in [2.45, 2.75) is 12.6 Å². The fourth-order valence-corrected chi connectivity index (χ4v) is 3.02. The van der Waals surface area contributed by atoms with Crippen molar-refractivity contribution in [2.24, 2.45) is 0 Å². The number of halogens is 2. The molecule has 1 aromatic heterocycles. The van der Waals surface area contributed by atoms with Gasteiger partial charge in [0.1, 0.15) is 11.6 Å². The highest BCUT2D eigenvalue weighted by Gasteiger charge is 2.30. The molecule has 0 radical (unpaired) electrons. The number of amides is 1. The number of carbonyl (C=O) groups is 2. The number of hydrogen-bond acceptors (Lipinski definition) is 4. The van der Waals surface area contributed by atoms with E-state index in [1.807, 2.05) is 0 Å². The van der Waals surface area contributed by atoms with E-state index in [4.69, 9.17) is 16.3 Å². The van der Waals surface area contributed by atoms with Gasteiger partial charge in [-0.1, -0.05) is 23.7 Å². The Bertz CT molecular complexity index is 1110. The molecule has 154 valence electrons. The third-order valence-electron chi connectivity index (χ3n) is 4.43. The third kappa shape index (κ3) is 4.93. The lowest BCUT2D eigenvalue weighted by molar-refractivity contribution is -0.123. The minimum Gasteiger partial charge on any atom is -0.497 e. The molecule has 0 saturated carbocycles. The summed E-state index contributed by atoms with van der Waals surface area (Å²) in [5.74, 6) is -1.21. The average molecular weight is 429 g/mol. The maximum Gasteiger partial charge on any atom is 0.251 e. The number of nitrogens with zero attached hydrogens (tertiary/aromatic N) is 1. The molecule has 30 heavy (non-hydrogen) atoms. The molecule has 3 aromatic rings.